The highest BCUT2D eigenvalue weighted by Crippen LogP contribution is 2.20. The molecule has 6 nitrogen and oxygen atoms in total. The third kappa shape index (κ3) is 5.08. The van der Waals surface area contributed by atoms with Crippen molar-refractivity contribution in [3.8, 4) is 0 Å². The number of rotatable bonds is 6. The maximum atomic E-state index is 12.2. The third-order valence-corrected chi connectivity index (χ3v) is 4.72. The molecule has 1 aliphatic heterocycles. The first-order chi connectivity index (χ1) is 12.5. The molecule has 1 atom stereocenters. The van der Waals surface area contributed by atoms with Crippen LogP contribution in [0.15, 0.2) is 34.9 Å². The molecule has 1 saturated heterocycles. The summed E-state index contributed by atoms with van der Waals surface area (Å²) in [5.74, 6) is 1.65. The largest absolute Gasteiger partial charge is 0.381 e. The quantitative estimate of drug-likeness (QED) is 0.827. The van der Waals surface area contributed by atoms with Crippen molar-refractivity contribution in [2.24, 2.45) is 0 Å². The summed E-state index contributed by atoms with van der Waals surface area (Å²) in [5, 5.41) is 10.2. The molecule has 1 amide bonds. The van der Waals surface area contributed by atoms with Gasteiger partial charge in [-0.05, 0) is 49.9 Å². The van der Waals surface area contributed by atoms with Crippen molar-refractivity contribution in [2.75, 3.05) is 30.3 Å². The van der Waals surface area contributed by atoms with Gasteiger partial charge in [-0.2, -0.15) is 0 Å². The van der Waals surface area contributed by atoms with Crippen molar-refractivity contribution in [3.05, 3.63) is 41.7 Å². The summed E-state index contributed by atoms with van der Waals surface area (Å²) in [6, 6.07) is 10.7. The predicted molar refractivity (Wildman–Crippen MR) is 103 cm³/mol. The smallest absolute Gasteiger partial charge is 0.239 e. The average Bonchev–Trinajstić information content (AvgIpc) is 3.00. The van der Waals surface area contributed by atoms with E-state index in [9.17, 15) is 4.79 Å². The summed E-state index contributed by atoms with van der Waals surface area (Å²) in [6.45, 7) is 8.38. The molecule has 1 aromatic carbocycles. The first kappa shape index (κ1) is 18.5. The summed E-state index contributed by atoms with van der Waals surface area (Å²) in [4.78, 5) is 14.4. The second kappa shape index (κ2) is 8.36. The normalized spacial score (nSPS) is 18.1. The number of aryl methyl sites for hydroxylation is 1. The molecule has 6 heteroatoms. The van der Waals surface area contributed by atoms with Crippen LogP contribution in [0.25, 0.3) is 0 Å². The lowest BCUT2D eigenvalue weighted by Gasteiger charge is -2.33. The number of hydrogen-bond donors (Lipinski definition) is 2. The number of benzene rings is 1. The summed E-state index contributed by atoms with van der Waals surface area (Å²) in [6.07, 6.45) is 2.20. The highest BCUT2D eigenvalue weighted by molar-refractivity contribution is 5.91. The lowest BCUT2D eigenvalue weighted by Crippen LogP contribution is -2.45. The minimum absolute atomic E-state index is 0.0553. The van der Waals surface area contributed by atoms with E-state index < -0.39 is 0 Å². The van der Waals surface area contributed by atoms with Crippen molar-refractivity contribution in [1.82, 2.24) is 10.1 Å². The number of amides is 1. The van der Waals surface area contributed by atoms with Crippen molar-refractivity contribution in [2.45, 2.75) is 45.6 Å². The molecule has 0 saturated carbocycles. The fraction of sp³-hybridized carbons (Fsp3) is 0.500. The molecular weight excluding hydrogens is 328 g/mol. The van der Waals surface area contributed by atoms with Gasteiger partial charge in [-0.1, -0.05) is 31.1 Å². The van der Waals surface area contributed by atoms with Gasteiger partial charge in [0.1, 0.15) is 5.76 Å². The van der Waals surface area contributed by atoms with Crippen LogP contribution in [0.5, 0.6) is 0 Å². The Hall–Kier alpha value is -2.34. The van der Waals surface area contributed by atoms with Crippen LogP contribution in [0.1, 0.15) is 43.9 Å². The Morgan fingerprint density at radius 3 is 2.77 bits per heavy atom. The van der Waals surface area contributed by atoms with E-state index in [4.69, 9.17) is 4.52 Å². The van der Waals surface area contributed by atoms with Crippen LogP contribution in [-0.2, 0) is 4.79 Å². The van der Waals surface area contributed by atoms with Crippen molar-refractivity contribution < 1.29 is 9.32 Å². The molecule has 0 bridgehead atoms. The second-order valence-corrected chi connectivity index (χ2v) is 7.37. The van der Waals surface area contributed by atoms with E-state index in [1.165, 1.54) is 5.56 Å². The second-order valence-electron chi connectivity index (χ2n) is 7.37. The summed E-state index contributed by atoms with van der Waals surface area (Å²) in [5.41, 5.74) is 2.49. The lowest BCUT2D eigenvalue weighted by molar-refractivity contribution is -0.117. The van der Waals surface area contributed by atoms with E-state index in [-0.39, 0.29) is 5.91 Å². The molecule has 1 fully saturated rings. The third-order valence-electron chi connectivity index (χ3n) is 4.72. The molecule has 26 heavy (non-hydrogen) atoms. The number of piperidine rings is 1. The van der Waals surface area contributed by atoms with Crippen molar-refractivity contribution in [3.63, 3.8) is 0 Å². The topological polar surface area (TPSA) is 70.4 Å². The number of carbonyl (C=O) groups is 1. The SMILES string of the molecule is Cc1cc(NC(=O)CN2CCCC(Nc3ccc(C(C)C)cc3)C2)no1. The Balaban J connectivity index is 1.49. The van der Waals surface area contributed by atoms with Gasteiger partial charge in [0.05, 0.1) is 6.54 Å². The summed E-state index contributed by atoms with van der Waals surface area (Å²) >= 11 is 0. The Morgan fingerprint density at radius 2 is 2.12 bits per heavy atom. The Bertz CT molecular complexity index is 724. The van der Waals surface area contributed by atoms with Crippen molar-refractivity contribution in [1.29, 1.82) is 0 Å². The van der Waals surface area contributed by atoms with E-state index in [2.05, 4.69) is 58.8 Å². The zero-order valence-electron chi connectivity index (χ0n) is 15.8. The highest BCUT2D eigenvalue weighted by atomic mass is 16.5. The van der Waals surface area contributed by atoms with Gasteiger partial charge < -0.3 is 15.2 Å². The number of nitrogens with one attached hydrogen (secondary N) is 2. The zero-order valence-corrected chi connectivity index (χ0v) is 15.8. The van der Waals surface area contributed by atoms with Crippen LogP contribution < -0.4 is 10.6 Å². The monoisotopic (exact) mass is 356 g/mol. The predicted octanol–water partition coefficient (Wildman–Crippen LogP) is 3.62. The van der Waals surface area contributed by atoms with Gasteiger partial charge in [0, 0.05) is 24.3 Å². The van der Waals surface area contributed by atoms with E-state index in [0.29, 0.717) is 30.1 Å². The fourth-order valence-electron chi connectivity index (χ4n) is 3.33. The van der Waals surface area contributed by atoms with Gasteiger partial charge in [0.25, 0.3) is 0 Å². The van der Waals surface area contributed by atoms with Gasteiger partial charge in [-0.3, -0.25) is 9.69 Å². The van der Waals surface area contributed by atoms with Crippen LogP contribution in [0.4, 0.5) is 11.5 Å². The average molecular weight is 356 g/mol. The molecule has 0 aliphatic carbocycles. The van der Waals surface area contributed by atoms with E-state index >= 15 is 0 Å². The minimum atomic E-state index is -0.0553. The van der Waals surface area contributed by atoms with Gasteiger partial charge in [0.2, 0.25) is 5.91 Å². The molecule has 0 radical (unpaired) electrons. The van der Waals surface area contributed by atoms with Crippen LogP contribution in [0.2, 0.25) is 0 Å². The lowest BCUT2D eigenvalue weighted by atomic mass is 10.0. The van der Waals surface area contributed by atoms with Crippen LogP contribution in [-0.4, -0.2) is 41.6 Å². The Labute approximate surface area is 154 Å². The first-order valence-electron chi connectivity index (χ1n) is 9.31. The van der Waals surface area contributed by atoms with Crippen LogP contribution >= 0.6 is 0 Å². The van der Waals surface area contributed by atoms with Gasteiger partial charge in [-0.25, -0.2) is 0 Å². The Morgan fingerprint density at radius 1 is 1.35 bits per heavy atom. The fourth-order valence-corrected chi connectivity index (χ4v) is 3.33. The van der Waals surface area contributed by atoms with E-state index in [0.717, 1.165) is 31.6 Å². The number of carbonyl (C=O) groups excluding carboxylic acids is 1. The first-order valence-corrected chi connectivity index (χ1v) is 9.31. The minimum Gasteiger partial charge on any atom is -0.381 e. The number of hydrogen-bond acceptors (Lipinski definition) is 5. The van der Waals surface area contributed by atoms with Crippen molar-refractivity contribution >= 4 is 17.4 Å². The maximum absolute atomic E-state index is 12.2. The molecule has 140 valence electrons. The maximum Gasteiger partial charge on any atom is 0.239 e. The number of likely N-dealkylation sites (tertiary alicyclic amines) is 1. The molecule has 2 N–H and O–H groups in total. The number of nitrogens with zero attached hydrogens (tertiary/aromatic N) is 2. The summed E-state index contributed by atoms with van der Waals surface area (Å²) in [7, 11) is 0. The molecule has 3 rings (SSSR count). The highest BCUT2D eigenvalue weighted by Gasteiger charge is 2.22. The Kier molecular flexibility index (Phi) is 5.93. The van der Waals surface area contributed by atoms with E-state index in [1.54, 1.807) is 13.0 Å². The molecule has 1 aliphatic rings. The molecule has 2 heterocycles. The standard InChI is InChI=1S/C20H28N4O2/c1-14(2)16-6-8-17(9-7-16)21-18-5-4-10-24(12-18)13-20(25)22-19-11-15(3)26-23-19/h6-9,11,14,18,21H,4-5,10,12-13H2,1-3H3,(H,22,23,25). The zero-order chi connectivity index (χ0) is 18.5. The van der Waals surface area contributed by atoms with Crippen LogP contribution in [0.3, 0.4) is 0 Å². The van der Waals surface area contributed by atoms with Gasteiger partial charge in [0.15, 0.2) is 5.82 Å². The van der Waals surface area contributed by atoms with Gasteiger partial charge >= 0.3 is 0 Å². The number of aromatic nitrogens is 1. The van der Waals surface area contributed by atoms with Crippen LogP contribution in [0, 0.1) is 6.92 Å². The van der Waals surface area contributed by atoms with E-state index in [1.807, 2.05) is 0 Å². The molecule has 0 spiro atoms. The molecular formula is C20H28N4O2. The molecule has 2 aromatic rings. The number of anilines is 2. The van der Waals surface area contributed by atoms with Gasteiger partial charge in [-0.15, -0.1) is 0 Å². The molecule has 1 unspecified atom stereocenters. The molecule has 1 aromatic heterocycles. The summed E-state index contributed by atoms with van der Waals surface area (Å²) < 4.78 is 4.97.